The summed E-state index contributed by atoms with van der Waals surface area (Å²) in [5.74, 6) is 5.77. The van der Waals surface area contributed by atoms with E-state index >= 15 is 0 Å². The van der Waals surface area contributed by atoms with Crippen LogP contribution >= 0.6 is 0 Å². The lowest BCUT2D eigenvalue weighted by Crippen LogP contribution is -2.53. The summed E-state index contributed by atoms with van der Waals surface area (Å²) in [5, 5.41) is 0. The molecular weight excluding hydrogens is 194 g/mol. The van der Waals surface area contributed by atoms with Crippen molar-refractivity contribution >= 4 is 0 Å². The van der Waals surface area contributed by atoms with Crippen LogP contribution in [0.5, 0.6) is 0 Å². The van der Waals surface area contributed by atoms with Crippen molar-refractivity contribution in [2.45, 2.75) is 58.4 Å². The zero-order valence-electron chi connectivity index (χ0n) is 10.9. The van der Waals surface area contributed by atoms with Gasteiger partial charge in [0.15, 0.2) is 0 Å². The monoisotopic (exact) mass is 221 g/mol. The fourth-order valence-electron chi connectivity index (χ4n) is 5.25. The van der Waals surface area contributed by atoms with E-state index in [4.69, 9.17) is 5.73 Å². The first-order valence-corrected chi connectivity index (χ1v) is 7.44. The predicted molar refractivity (Wildman–Crippen MR) is 68.0 cm³/mol. The Hall–Kier alpha value is -0.0400. The summed E-state index contributed by atoms with van der Waals surface area (Å²) in [6.07, 6.45) is 8.87. The molecule has 4 bridgehead atoms. The molecule has 2 unspecified atom stereocenters. The van der Waals surface area contributed by atoms with Crippen molar-refractivity contribution in [3.63, 3.8) is 0 Å². The SMILES string of the molecule is CCC(C)C(N)C1C2CC3CC(C2)CC1C3. The fraction of sp³-hybridized carbons (Fsp3) is 1.00. The number of hydrogen-bond donors (Lipinski definition) is 1. The Balaban J connectivity index is 1.76. The van der Waals surface area contributed by atoms with Gasteiger partial charge in [0.25, 0.3) is 0 Å². The molecule has 0 amide bonds. The molecule has 0 heterocycles. The van der Waals surface area contributed by atoms with Crippen LogP contribution in [-0.2, 0) is 0 Å². The van der Waals surface area contributed by atoms with E-state index in [1.54, 1.807) is 6.42 Å². The highest BCUT2D eigenvalue weighted by Crippen LogP contribution is 2.57. The molecule has 0 spiro atoms. The highest BCUT2D eigenvalue weighted by molar-refractivity contribution is 5.01. The van der Waals surface area contributed by atoms with E-state index in [0.717, 1.165) is 35.5 Å². The van der Waals surface area contributed by atoms with Crippen LogP contribution in [0.4, 0.5) is 0 Å². The largest absolute Gasteiger partial charge is 0.327 e. The molecule has 0 aromatic carbocycles. The van der Waals surface area contributed by atoms with Crippen LogP contribution in [0.1, 0.15) is 52.4 Å². The first-order chi connectivity index (χ1) is 7.69. The average Bonchev–Trinajstić information content (AvgIpc) is 2.26. The molecule has 16 heavy (non-hydrogen) atoms. The summed E-state index contributed by atoms with van der Waals surface area (Å²) < 4.78 is 0. The van der Waals surface area contributed by atoms with Gasteiger partial charge in [0.2, 0.25) is 0 Å². The minimum absolute atomic E-state index is 0.486. The van der Waals surface area contributed by atoms with Crippen molar-refractivity contribution < 1.29 is 0 Å². The van der Waals surface area contributed by atoms with E-state index < -0.39 is 0 Å². The van der Waals surface area contributed by atoms with Crippen molar-refractivity contribution in [2.24, 2.45) is 41.2 Å². The molecule has 0 aromatic heterocycles. The van der Waals surface area contributed by atoms with Crippen molar-refractivity contribution in [2.75, 3.05) is 0 Å². The van der Waals surface area contributed by atoms with Crippen LogP contribution in [0.2, 0.25) is 0 Å². The first-order valence-electron chi connectivity index (χ1n) is 7.44. The highest BCUT2D eigenvalue weighted by atomic mass is 14.7. The predicted octanol–water partition coefficient (Wildman–Crippen LogP) is 3.43. The average molecular weight is 221 g/mol. The van der Waals surface area contributed by atoms with E-state index in [1.807, 2.05) is 0 Å². The van der Waals surface area contributed by atoms with E-state index in [0.29, 0.717) is 6.04 Å². The van der Waals surface area contributed by atoms with E-state index in [9.17, 15) is 0 Å². The Morgan fingerprint density at radius 3 is 1.94 bits per heavy atom. The van der Waals surface area contributed by atoms with E-state index in [-0.39, 0.29) is 0 Å². The lowest BCUT2D eigenvalue weighted by atomic mass is 9.50. The second kappa shape index (κ2) is 4.01. The molecule has 92 valence electrons. The van der Waals surface area contributed by atoms with Gasteiger partial charge in [0, 0.05) is 6.04 Å². The third-order valence-electron chi connectivity index (χ3n) is 6.05. The topological polar surface area (TPSA) is 26.0 Å². The number of nitrogens with two attached hydrogens (primary N) is 1. The summed E-state index contributed by atoms with van der Waals surface area (Å²) >= 11 is 0. The Morgan fingerprint density at radius 1 is 1.00 bits per heavy atom. The minimum atomic E-state index is 0.486. The van der Waals surface area contributed by atoms with Crippen LogP contribution in [-0.4, -0.2) is 6.04 Å². The van der Waals surface area contributed by atoms with Gasteiger partial charge in [-0.2, -0.15) is 0 Å². The van der Waals surface area contributed by atoms with Crippen molar-refractivity contribution in [1.82, 2.24) is 0 Å². The molecule has 4 fully saturated rings. The zero-order chi connectivity index (χ0) is 11.3. The molecule has 1 heteroatoms. The molecule has 2 N–H and O–H groups in total. The summed E-state index contributed by atoms with van der Waals surface area (Å²) in [4.78, 5) is 0. The molecule has 0 radical (unpaired) electrons. The van der Waals surface area contributed by atoms with Gasteiger partial charge in [-0.25, -0.2) is 0 Å². The Labute approximate surface area is 100 Å². The molecule has 4 rings (SSSR count). The molecule has 4 saturated carbocycles. The smallest absolute Gasteiger partial charge is 0.00981 e. The quantitative estimate of drug-likeness (QED) is 0.776. The maximum atomic E-state index is 6.55. The van der Waals surface area contributed by atoms with Gasteiger partial charge >= 0.3 is 0 Å². The van der Waals surface area contributed by atoms with Gasteiger partial charge in [-0.05, 0) is 67.6 Å². The lowest BCUT2D eigenvalue weighted by Gasteiger charge is -2.56. The fourth-order valence-corrected chi connectivity index (χ4v) is 5.25. The molecule has 0 aliphatic heterocycles. The van der Waals surface area contributed by atoms with Crippen LogP contribution in [0.25, 0.3) is 0 Å². The number of rotatable bonds is 3. The molecule has 2 atom stereocenters. The van der Waals surface area contributed by atoms with Gasteiger partial charge in [-0.3, -0.25) is 0 Å². The van der Waals surface area contributed by atoms with Crippen LogP contribution in [0, 0.1) is 35.5 Å². The Morgan fingerprint density at radius 2 is 1.50 bits per heavy atom. The normalized spacial score (nSPS) is 49.3. The standard InChI is InChI=1S/C15H27N/c1-3-9(2)15(16)14-12-5-10-4-11(7-12)8-13(14)6-10/h9-15H,3-8,16H2,1-2H3. The Bertz CT molecular complexity index is 229. The first kappa shape index (κ1) is 11.1. The van der Waals surface area contributed by atoms with Crippen molar-refractivity contribution in [3.05, 3.63) is 0 Å². The second-order valence-corrected chi connectivity index (χ2v) is 6.97. The second-order valence-electron chi connectivity index (χ2n) is 6.97. The maximum Gasteiger partial charge on any atom is 0.00981 e. The lowest BCUT2D eigenvalue weighted by molar-refractivity contribution is -0.0534. The Kier molecular flexibility index (Phi) is 2.78. The maximum absolute atomic E-state index is 6.55. The highest BCUT2D eigenvalue weighted by Gasteiger charge is 2.50. The summed E-state index contributed by atoms with van der Waals surface area (Å²) in [6, 6.07) is 0.486. The summed E-state index contributed by atoms with van der Waals surface area (Å²) in [5.41, 5.74) is 6.55. The van der Waals surface area contributed by atoms with Crippen molar-refractivity contribution in [1.29, 1.82) is 0 Å². The molecule has 4 aliphatic rings. The molecule has 0 aromatic rings. The van der Waals surface area contributed by atoms with Gasteiger partial charge < -0.3 is 5.73 Å². The van der Waals surface area contributed by atoms with Crippen molar-refractivity contribution in [3.8, 4) is 0 Å². The van der Waals surface area contributed by atoms with Gasteiger partial charge in [0.05, 0.1) is 0 Å². The molecule has 0 saturated heterocycles. The molecule has 4 aliphatic carbocycles. The van der Waals surface area contributed by atoms with Gasteiger partial charge in [-0.1, -0.05) is 20.3 Å². The van der Waals surface area contributed by atoms with Crippen LogP contribution < -0.4 is 5.73 Å². The van der Waals surface area contributed by atoms with Gasteiger partial charge in [-0.15, -0.1) is 0 Å². The van der Waals surface area contributed by atoms with E-state index in [1.165, 1.54) is 32.1 Å². The molecular formula is C15H27N. The van der Waals surface area contributed by atoms with Crippen LogP contribution in [0.3, 0.4) is 0 Å². The van der Waals surface area contributed by atoms with E-state index in [2.05, 4.69) is 13.8 Å². The van der Waals surface area contributed by atoms with Crippen LogP contribution in [0.15, 0.2) is 0 Å². The van der Waals surface area contributed by atoms with Gasteiger partial charge in [0.1, 0.15) is 0 Å². The number of hydrogen-bond acceptors (Lipinski definition) is 1. The molecule has 1 nitrogen and oxygen atoms in total. The summed E-state index contributed by atoms with van der Waals surface area (Å²) in [6.45, 7) is 4.65. The third-order valence-corrected chi connectivity index (χ3v) is 6.05. The third kappa shape index (κ3) is 1.63. The minimum Gasteiger partial charge on any atom is -0.327 e. The zero-order valence-corrected chi connectivity index (χ0v) is 10.9. The summed E-state index contributed by atoms with van der Waals surface area (Å²) in [7, 11) is 0.